The van der Waals surface area contributed by atoms with Gasteiger partial charge in [-0.15, -0.1) is 0 Å². The first-order valence-electron chi connectivity index (χ1n) is 21.6. The van der Waals surface area contributed by atoms with E-state index in [2.05, 4.69) is 55.4 Å². The van der Waals surface area contributed by atoms with Crippen molar-refractivity contribution in [2.75, 3.05) is 13.1 Å². The Balaban J connectivity index is 0.0000106. The molecule has 46 heavy (non-hydrogen) atoms. The van der Waals surface area contributed by atoms with Gasteiger partial charge in [0.2, 0.25) is 0 Å². The molecule has 1 nitrogen and oxygen atoms in total. The van der Waals surface area contributed by atoms with E-state index in [1.165, 1.54) is 185 Å². The number of rotatable bonds is 26. The van der Waals surface area contributed by atoms with Crippen LogP contribution in [0.5, 0.6) is 0 Å². The van der Waals surface area contributed by atoms with Gasteiger partial charge in [-0.25, -0.2) is 0 Å². The monoisotopic (exact) mass is 666 g/mol. The molecule has 2 rings (SSSR count). The second-order valence-corrected chi connectivity index (χ2v) is 17.7. The summed E-state index contributed by atoms with van der Waals surface area (Å²) in [5.41, 5.74) is 0. The molecule has 2 aliphatic rings. The fraction of sp³-hybridized carbons (Fsp3) is 1.00. The first-order chi connectivity index (χ1) is 21.8. The van der Waals surface area contributed by atoms with Crippen molar-refractivity contribution in [3.63, 3.8) is 0 Å². The van der Waals surface area contributed by atoms with Crippen LogP contribution in [0.25, 0.3) is 0 Å². The van der Waals surface area contributed by atoms with E-state index in [9.17, 15) is 0 Å². The number of nitrogens with zero attached hydrogens (tertiary/aromatic N) is 1. The summed E-state index contributed by atoms with van der Waals surface area (Å²) in [5.74, 6) is 5.36. The molecule has 0 aromatic rings. The molecule has 276 valence electrons. The van der Waals surface area contributed by atoms with Crippen LogP contribution >= 0.6 is 0 Å². The highest BCUT2D eigenvalue weighted by Gasteiger charge is 2.52. The third kappa shape index (κ3) is 15.9. The van der Waals surface area contributed by atoms with Crippen LogP contribution in [0, 0.1) is 35.5 Å². The molecule has 0 spiro atoms. The third-order valence-corrected chi connectivity index (χ3v) is 13.2. The van der Waals surface area contributed by atoms with Crippen LogP contribution in [0.2, 0.25) is 0 Å². The number of quaternary nitrogens is 1. The lowest BCUT2D eigenvalue weighted by Crippen LogP contribution is -3.00. The van der Waals surface area contributed by atoms with Crippen LogP contribution in [-0.2, 0) is 0 Å². The van der Waals surface area contributed by atoms with Gasteiger partial charge in [-0.2, -0.15) is 0 Å². The Kier molecular flexibility index (Phi) is 25.1. The van der Waals surface area contributed by atoms with E-state index in [0.29, 0.717) is 0 Å². The van der Waals surface area contributed by atoms with E-state index in [0.717, 1.165) is 47.6 Å². The molecule has 0 aromatic carbocycles. The van der Waals surface area contributed by atoms with Crippen LogP contribution in [0.3, 0.4) is 0 Å². The van der Waals surface area contributed by atoms with Crippen molar-refractivity contribution in [1.82, 2.24) is 0 Å². The van der Waals surface area contributed by atoms with Gasteiger partial charge in [0.1, 0.15) is 0 Å². The predicted octanol–water partition coefficient (Wildman–Crippen LogP) is 11.6. The van der Waals surface area contributed by atoms with Crippen molar-refractivity contribution < 1.29 is 16.9 Å². The van der Waals surface area contributed by atoms with Gasteiger partial charge in [0.05, 0.1) is 25.2 Å². The summed E-state index contributed by atoms with van der Waals surface area (Å²) in [6.07, 6.45) is 38.2. The molecule has 0 radical (unpaired) electrons. The Bertz CT molecular complexity index is 629. The highest BCUT2D eigenvalue weighted by Crippen LogP contribution is 2.48. The van der Waals surface area contributed by atoms with Gasteiger partial charge in [-0.05, 0) is 75.0 Å². The molecule has 0 amide bonds. The maximum absolute atomic E-state index is 2.61. The highest BCUT2D eigenvalue weighted by atomic mass is 35.5. The van der Waals surface area contributed by atoms with Crippen molar-refractivity contribution in [3.05, 3.63) is 0 Å². The Morgan fingerprint density at radius 1 is 0.435 bits per heavy atom. The fourth-order valence-corrected chi connectivity index (χ4v) is 10.3. The Morgan fingerprint density at radius 3 is 1.00 bits per heavy atom. The molecule has 0 aromatic heterocycles. The van der Waals surface area contributed by atoms with Gasteiger partial charge in [-0.3, -0.25) is 0 Å². The van der Waals surface area contributed by atoms with Crippen LogP contribution in [0.15, 0.2) is 0 Å². The highest BCUT2D eigenvalue weighted by molar-refractivity contribution is 4.89. The van der Waals surface area contributed by atoms with E-state index in [4.69, 9.17) is 0 Å². The minimum atomic E-state index is 0. The van der Waals surface area contributed by atoms with Crippen molar-refractivity contribution >= 4 is 0 Å². The summed E-state index contributed by atoms with van der Waals surface area (Å²) in [6.45, 7) is 23.3. The van der Waals surface area contributed by atoms with Crippen LogP contribution in [0.1, 0.15) is 222 Å². The molecular weight excluding hydrogens is 578 g/mol. The van der Waals surface area contributed by atoms with Gasteiger partial charge in [0.15, 0.2) is 0 Å². The summed E-state index contributed by atoms with van der Waals surface area (Å²) in [4.78, 5) is 0. The molecule has 2 heteroatoms. The minimum Gasteiger partial charge on any atom is -1.00 e. The molecule has 6 atom stereocenters. The zero-order valence-corrected chi connectivity index (χ0v) is 34.0. The first-order valence-corrected chi connectivity index (χ1v) is 21.6. The topological polar surface area (TPSA) is 0 Å². The van der Waals surface area contributed by atoms with Crippen LogP contribution < -0.4 is 12.4 Å². The Labute approximate surface area is 299 Å². The molecule has 2 aliphatic carbocycles. The van der Waals surface area contributed by atoms with Gasteiger partial charge < -0.3 is 16.9 Å². The molecule has 0 N–H and O–H groups in total. The lowest BCUT2D eigenvalue weighted by atomic mass is 9.67. The second kappa shape index (κ2) is 26.1. The zero-order valence-electron chi connectivity index (χ0n) is 33.2. The van der Waals surface area contributed by atoms with Crippen molar-refractivity contribution in [3.8, 4) is 0 Å². The maximum atomic E-state index is 2.61. The van der Waals surface area contributed by atoms with Crippen molar-refractivity contribution in [1.29, 1.82) is 0 Å². The summed E-state index contributed by atoms with van der Waals surface area (Å²) >= 11 is 0. The molecule has 0 aliphatic heterocycles. The zero-order chi connectivity index (χ0) is 32.9. The van der Waals surface area contributed by atoms with E-state index in [1.807, 2.05) is 0 Å². The molecule has 2 fully saturated rings. The van der Waals surface area contributed by atoms with E-state index in [1.54, 1.807) is 0 Å². The molecule has 0 saturated heterocycles. The lowest BCUT2D eigenvalue weighted by molar-refractivity contribution is -0.984. The SMILES string of the molecule is CCCCCCCCCCCC[N+](CCCCCCCCCCCC)(C1CC(C)CCC1C(C)C)C1CC(C)CCC1C(C)C.[Cl-]. The lowest BCUT2D eigenvalue weighted by Gasteiger charge is -2.59. The largest absolute Gasteiger partial charge is 1.00 e. The summed E-state index contributed by atoms with van der Waals surface area (Å²) in [7, 11) is 0. The number of hydrogen-bond acceptors (Lipinski definition) is 0. The normalized spacial score (nSPS) is 25.7. The van der Waals surface area contributed by atoms with Crippen molar-refractivity contribution in [2.24, 2.45) is 35.5 Å². The van der Waals surface area contributed by atoms with E-state index < -0.39 is 0 Å². The summed E-state index contributed by atoms with van der Waals surface area (Å²) in [6, 6.07) is 1.81. The third-order valence-electron chi connectivity index (χ3n) is 13.2. The molecule has 6 unspecified atom stereocenters. The molecular formula is C44H88ClN. The first kappa shape index (κ1) is 44.3. The number of halogens is 1. The smallest absolute Gasteiger partial charge is 0.0925 e. The maximum Gasteiger partial charge on any atom is 0.0925 e. The average Bonchev–Trinajstić information content (AvgIpc) is 3.01. The average molecular weight is 667 g/mol. The van der Waals surface area contributed by atoms with Gasteiger partial charge in [-0.1, -0.05) is 158 Å². The molecule has 0 heterocycles. The predicted molar refractivity (Wildman–Crippen MR) is 204 cm³/mol. The standard InChI is InChI=1S/C44H88N.ClH/c1-9-11-13-15-17-19-21-23-25-27-33-45(43-35-39(7)29-31-41(43)37(3)4,44-36-40(8)30-32-42(44)38(5)6)34-28-26-24-22-20-18-16-14-12-10-2;/h37-44H,9-36H2,1-8H3;1H/q+1;/p-1. The van der Waals surface area contributed by atoms with Gasteiger partial charge in [0.25, 0.3) is 0 Å². The second-order valence-electron chi connectivity index (χ2n) is 17.7. The Morgan fingerprint density at radius 2 is 0.717 bits per heavy atom. The van der Waals surface area contributed by atoms with Crippen LogP contribution in [0.4, 0.5) is 0 Å². The van der Waals surface area contributed by atoms with E-state index in [-0.39, 0.29) is 12.4 Å². The minimum absolute atomic E-state index is 0. The molecule has 0 bridgehead atoms. The number of hydrogen-bond donors (Lipinski definition) is 0. The van der Waals surface area contributed by atoms with Crippen LogP contribution in [-0.4, -0.2) is 29.7 Å². The quantitative estimate of drug-likeness (QED) is 0.0637. The van der Waals surface area contributed by atoms with Crippen molar-refractivity contribution in [2.45, 2.75) is 234 Å². The van der Waals surface area contributed by atoms with Gasteiger partial charge in [0, 0.05) is 24.7 Å². The number of unbranched alkanes of at least 4 members (excludes halogenated alkanes) is 18. The van der Waals surface area contributed by atoms with Gasteiger partial charge >= 0.3 is 0 Å². The fourth-order valence-electron chi connectivity index (χ4n) is 10.3. The molecule has 2 saturated carbocycles. The van der Waals surface area contributed by atoms with E-state index >= 15 is 0 Å². The Hall–Kier alpha value is 0.250. The summed E-state index contributed by atoms with van der Waals surface area (Å²) < 4.78 is 1.54. The summed E-state index contributed by atoms with van der Waals surface area (Å²) in [5, 5.41) is 0.